The van der Waals surface area contributed by atoms with Gasteiger partial charge in [0.15, 0.2) is 0 Å². The quantitative estimate of drug-likeness (QED) is 0.771. The van der Waals surface area contributed by atoms with Gasteiger partial charge in [-0.15, -0.1) is 0 Å². The van der Waals surface area contributed by atoms with Crippen LogP contribution in [-0.2, 0) is 6.42 Å². The summed E-state index contributed by atoms with van der Waals surface area (Å²) in [5.41, 5.74) is 1.84. The fourth-order valence-corrected chi connectivity index (χ4v) is 4.04. The Bertz CT molecular complexity index is 520. The van der Waals surface area contributed by atoms with Crippen LogP contribution in [0.5, 0.6) is 0 Å². The lowest BCUT2D eigenvalue weighted by atomic mass is 9.65. The first-order valence-corrected chi connectivity index (χ1v) is 8.33. The second kappa shape index (κ2) is 6.38. The van der Waals surface area contributed by atoms with E-state index in [2.05, 4.69) is 15.5 Å². The second-order valence-electron chi connectivity index (χ2n) is 6.60. The summed E-state index contributed by atoms with van der Waals surface area (Å²) in [4.78, 5) is 14.6. The molecule has 6 heteroatoms. The molecule has 122 valence electrons. The summed E-state index contributed by atoms with van der Waals surface area (Å²) in [5, 5.41) is 20.0. The van der Waals surface area contributed by atoms with Crippen LogP contribution in [0.2, 0.25) is 0 Å². The lowest BCUT2D eigenvalue weighted by Gasteiger charge is -2.49. The van der Waals surface area contributed by atoms with E-state index in [1.165, 1.54) is 0 Å². The van der Waals surface area contributed by atoms with Crippen LogP contribution in [0.25, 0.3) is 0 Å². The van der Waals surface area contributed by atoms with E-state index in [9.17, 15) is 9.90 Å². The topological polar surface area (TPSA) is 81.2 Å². The van der Waals surface area contributed by atoms with Crippen molar-refractivity contribution in [1.82, 2.24) is 20.4 Å². The number of carbonyl (C=O) groups excluding carboxylic acids is 1. The number of aromatic amines is 1. The Morgan fingerprint density at radius 2 is 2.23 bits per heavy atom. The van der Waals surface area contributed by atoms with E-state index in [0.29, 0.717) is 11.5 Å². The van der Waals surface area contributed by atoms with Gasteiger partial charge in [-0.25, -0.2) is 0 Å². The molecule has 0 radical (unpaired) electrons. The standard InChI is InChI=1S/C16H26N4O2/c1-2-14-13(10-18-19-14)15(22)20-7-4-16(5-8-20)3-6-17-9-12(16)11-21/h10,12,17,21H,2-9,11H2,1H3,(H,18,19). The highest BCUT2D eigenvalue weighted by molar-refractivity contribution is 5.95. The Hall–Kier alpha value is -1.40. The van der Waals surface area contributed by atoms with Gasteiger partial charge in [-0.05, 0) is 37.6 Å². The zero-order valence-electron chi connectivity index (χ0n) is 13.3. The first-order chi connectivity index (χ1) is 10.7. The van der Waals surface area contributed by atoms with E-state index in [1.807, 2.05) is 11.8 Å². The molecule has 3 heterocycles. The van der Waals surface area contributed by atoms with Gasteiger partial charge in [-0.1, -0.05) is 6.92 Å². The van der Waals surface area contributed by atoms with Gasteiger partial charge < -0.3 is 15.3 Å². The molecule has 3 N–H and O–H groups in total. The number of nitrogens with one attached hydrogen (secondary N) is 2. The molecule has 2 aliphatic heterocycles. The summed E-state index contributed by atoms with van der Waals surface area (Å²) in [6.07, 6.45) is 5.52. The number of aromatic nitrogens is 2. The molecular formula is C16H26N4O2. The molecule has 2 fully saturated rings. The summed E-state index contributed by atoms with van der Waals surface area (Å²) in [6, 6.07) is 0. The minimum atomic E-state index is 0.0925. The number of amides is 1. The fraction of sp³-hybridized carbons (Fsp3) is 0.750. The van der Waals surface area contributed by atoms with E-state index >= 15 is 0 Å². The average Bonchev–Trinajstić information content (AvgIpc) is 3.04. The molecule has 1 spiro atoms. The van der Waals surface area contributed by atoms with E-state index in [0.717, 1.165) is 57.6 Å². The molecule has 1 aromatic rings. The van der Waals surface area contributed by atoms with Crippen LogP contribution < -0.4 is 5.32 Å². The third kappa shape index (κ3) is 2.65. The van der Waals surface area contributed by atoms with Gasteiger partial charge >= 0.3 is 0 Å². The normalized spacial score (nSPS) is 24.6. The van der Waals surface area contributed by atoms with Gasteiger partial charge in [0.2, 0.25) is 0 Å². The number of piperidine rings is 2. The highest BCUT2D eigenvalue weighted by Gasteiger charge is 2.43. The number of aliphatic hydroxyl groups excluding tert-OH is 1. The number of aliphatic hydroxyl groups is 1. The van der Waals surface area contributed by atoms with E-state index in [1.54, 1.807) is 6.20 Å². The molecule has 0 bridgehead atoms. The first kappa shape index (κ1) is 15.5. The molecule has 2 saturated heterocycles. The molecule has 22 heavy (non-hydrogen) atoms. The Morgan fingerprint density at radius 3 is 2.91 bits per heavy atom. The van der Waals surface area contributed by atoms with Crippen LogP contribution in [-0.4, -0.2) is 58.9 Å². The molecule has 1 amide bonds. The van der Waals surface area contributed by atoms with Crippen molar-refractivity contribution in [2.75, 3.05) is 32.8 Å². The highest BCUT2D eigenvalue weighted by atomic mass is 16.3. The maximum Gasteiger partial charge on any atom is 0.257 e. The average molecular weight is 306 g/mol. The van der Waals surface area contributed by atoms with Gasteiger partial charge in [0, 0.05) is 37.9 Å². The lowest BCUT2D eigenvalue weighted by molar-refractivity contribution is -0.00117. The Kier molecular flexibility index (Phi) is 4.49. The molecule has 0 aliphatic carbocycles. The van der Waals surface area contributed by atoms with Gasteiger partial charge in [-0.3, -0.25) is 9.89 Å². The largest absolute Gasteiger partial charge is 0.396 e. The van der Waals surface area contributed by atoms with Crippen LogP contribution >= 0.6 is 0 Å². The summed E-state index contributed by atoms with van der Waals surface area (Å²) >= 11 is 0. The molecular weight excluding hydrogens is 280 g/mol. The van der Waals surface area contributed by atoms with Crippen LogP contribution in [0.3, 0.4) is 0 Å². The van der Waals surface area contributed by atoms with Crippen molar-refractivity contribution < 1.29 is 9.90 Å². The number of carbonyl (C=O) groups is 1. The van der Waals surface area contributed by atoms with E-state index < -0.39 is 0 Å². The molecule has 0 saturated carbocycles. The SMILES string of the molecule is CCc1[nH]ncc1C(=O)N1CCC2(CCNCC2CO)CC1. The van der Waals surface area contributed by atoms with Crippen molar-refractivity contribution in [3.05, 3.63) is 17.5 Å². The minimum Gasteiger partial charge on any atom is -0.396 e. The second-order valence-corrected chi connectivity index (χ2v) is 6.60. The van der Waals surface area contributed by atoms with Gasteiger partial charge in [0.25, 0.3) is 5.91 Å². The van der Waals surface area contributed by atoms with E-state index in [-0.39, 0.29) is 17.9 Å². The summed E-state index contributed by atoms with van der Waals surface area (Å²) in [7, 11) is 0. The molecule has 3 rings (SSSR count). The number of nitrogens with zero attached hydrogens (tertiary/aromatic N) is 2. The lowest BCUT2D eigenvalue weighted by Crippen LogP contribution is -2.53. The smallest absolute Gasteiger partial charge is 0.257 e. The first-order valence-electron chi connectivity index (χ1n) is 8.33. The minimum absolute atomic E-state index is 0.0925. The number of rotatable bonds is 3. The van der Waals surface area contributed by atoms with Crippen molar-refractivity contribution in [3.63, 3.8) is 0 Å². The Balaban J connectivity index is 1.67. The zero-order chi connectivity index (χ0) is 15.6. The Labute approximate surface area is 131 Å². The maximum absolute atomic E-state index is 12.7. The van der Waals surface area contributed by atoms with Gasteiger partial charge in [0.1, 0.15) is 0 Å². The maximum atomic E-state index is 12.7. The zero-order valence-corrected chi connectivity index (χ0v) is 13.3. The molecule has 2 aliphatic rings. The third-order valence-corrected chi connectivity index (χ3v) is 5.63. The van der Waals surface area contributed by atoms with Crippen molar-refractivity contribution in [3.8, 4) is 0 Å². The predicted octanol–water partition coefficient (Wildman–Crippen LogP) is 0.796. The van der Waals surface area contributed by atoms with Gasteiger partial charge in [-0.2, -0.15) is 5.10 Å². The van der Waals surface area contributed by atoms with Crippen molar-refractivity contribution in [1.29, 1.82) is 0 Å². The van der Waals surface area contributed by atoms with Crippen molar-refractivity contribution in [2.45, 2.75) is 32.6 Å². The number of H-pyrrole nitrogens is 1. The number of hydrogen-bond acceptors (Lipinski definition) is 4. The molecule has 1 aromatic heterocycles. The molecule has 1 unspecified atom stereocenters. The molecule has 6 nitrogen and oxygen atoms in total. The summed E-state index contributed by atoms with van der Waals surface area (Å²) in [6.45, 7) is 5.74. The Morgan fingerprint density at radius 1 is 1.45 bits per heavy atom. The van der Waals surface area contributed by atoms with Crippen LogP contribution in [0.15, 0.2) is 6.20 Å². The van der Waals surface area contributed by atoms with Gasteiger partial charge in [0.05, 0.1) is 11.8 Å². The predicted molar refractivity (Wildman–Crippen MR) is 83.6 cm³/mol. The van der Waals surface area contributed by atoms with Crippen LogP contribution in [0.1, 0.15) is 42.2 Å². The fourth-order valence-electron chi connectivity index (χ4n) is 4.04. The van der Waals surface area contributed by atoms with E-state index in [4.69, 9.17) is 0 Å². The van der Waals surface area contributed by atoms with Crippen molar-refractivity contribution in [2.24, 2.45) is 11.3 Å². The molecule has 0 aromatic carbocycles. The monoisotopic (exact) mass is 306 g/mol. The third-order valence-electron chi connectivity index (χ3n) is 5.63. The number of hydrogen-bond donors (Lipinski definition) is 3. The highest BCUT2D eigenvalue weighted by Crippen LogP contribution is 2.43. The van der Waals surface area contributed by atoms with Crippen LogP contribution in [0.4, 0.5) is 0 Å². The number of likely N-dealkylation sites (tertiary alicyclic amines) is 1. The summed E-state index contributed by atoms with van der Waals surface area (Å²) in [5.74, 6) is 0.411. The number of aryl methyl sites for hydroxylation is 1. The molecule has 1 atom stereocenters. The van der Waals surface area contributed by atoms with Crippen LogP contribution in [0, 0.1) is 11.3 Å². The van der Waals surface area contributed by atoms with Crippen molar-refractivity contribution >= 4 is 5.91 Å². The summed E-state index contributed by atoms with van der Waals surface area (Å²) < 4.78 is 0.